The average molecular weight is 527 g/mol. The first kappa shape index (κ1) is 25.9. The van der Waals surface area contributed by atoms with Crippen molar-refractivity contribution in [3.05, 3.63) is 35.6 Å². The lowest BCUT2D eigenvalue weighted by Crippen LogP contribution is -2.65. The van der Waals surface area contributed by atoms with Crippen LogP contribution in [0.4, 0.5) is 5.69 Å². The number of ether oxygens (including phenoxy) is 1. The van der Waals surface area contributed by atoms with Gasteiger partial charge in [0.25, 0.3) is 0 Å². The van der Waals surface area contributed by atoms with E-state index in [2.05, 4.69) is 27.1 Å². The fraction of sp³-hybridized carbons (Fsp3) is 0.519. The van der Waals surface area contributed by atoms with Crippen LogP contribution in [-0.2, 0) is 14.3 Å². The molecule has 4 heterocycles. The molecule has 9 nitrogen and oxygen atoms in total. The highest BCUT2D eigenvalue weighted by molar-refractivity contribution is 6.33. The largest absolute Gasteiger partial charge is 0.372 e. The van der Waals surface area contributed by atoms with Gasteiger partial charge in [-0.25, -0.2) is 0 Å². The van der Waals surface area contributed by atoms with Gasteiger partial charge in [-0.15, -0.1) is 0 Å². The average Bonchev–Trinajstić information content (AvgIpc) is 3.25. The van der Waals surface area contributed by atoms with Crippen LogP contribution >= 0.6 is 11.6 Å². The minimum absolute atomic E-state index is 0.0476. The lowest BCUT2D eigenvalue weighted by atomic mass is 9.94. The van der Waals surface area contributed by atoms with E-state index in [0.717, 1.165) is 41.4 Å². The molecule has 10 heteroatoms. The number of hydrogen-bond donors (Lipinski definition) is 2. The summed E-state index contributed by atoms with van der Waals surface area (Å²) < 4.78 is 6.12. The van der Waals surface area contributed by atoms with Crippen LogP contribution in [0.1, 0.15) is 27.7 Å². The molecule has 0 bridgehead atoms. The number of carbonyl (C=O) groups excluding carboxylic acids is 2. The van der Waals surface area contributed by atoms with Crippen molar-refractivity contribution in [1.29, 1.82) is 0 Å². The standard InChI is InChI=1S/C27H35ClN6O3/c1-5-32-8-10-33(11-9-32)24(35)15-34-17(2)27(3,4)37-16-23(34)26(36)31-21-13-18(28)12-20-19-6-7-29-14-22(19)30-25(20)21/h6-7,12-14,17,23,30H,5,8-11,15-16H2,1-4H3,(H,31,36)/t17?,23-/m0/s1. The predicted octanol–water partition coefficient (Wildman–Crippen LogP) is 3.34. The molecule has 2 atom stereocenters. The molecular weight excluding hydrogens is 492 g/mol. The molecule has 0 spiro atoms. The Kier molecular flexibility index (Phi) is 7.15. The molecule has 2 fully saturated rings. The second kappa shape index (κ2) is 10.2. The summed E-state index contributed by atoms with van der Waals surface area (Å²) in [6.45, 7) is 12.7. The molecule has 1 aromatic carbocycles. The number of nitrogens with one attached hydrogen (secondary N) is 2. The SMILES string of the molecule is CCN1CCN(C(=O)CN2C(C)C(C)(C)OC[C@H]2C(=O)Nc2cc(Cl)cc3c2[nH]c2cnccc23)CC1. The first-order valence-electron chi connectivity index (χ1n) is 12.9. The molecular formula is C27H35ClN6O3. The Morgan fingerprint density at radius 1 is 1.22 bits per heavy atom. The van der Waals surface area contributed by atoms with Crippen LogP contribution in [0, 0.1) is 0 Å². The number of morpholine rings is 1. The molecule has 2 saturated heterocycles. The highest BCUT2D eigenvalue weighted by Crippen LogP contribution is 2.34. The fourth-order valence-electron chi connectivity index (χ4n) is 5.35. The highest BCUT2D eigenvalue weighted by Gasteiger charge is 2.44. The maximum Gasteiger partial charge on any atom is 0.244 e. The van der Waals surface area contributed by atoms with Crippen molar-refractivity contribution in [2.75, 3.05) is 51.2 Å². The van der Waals surface area contributed by atoms with Gasteiger partial charge in [0.1, 0.15) is 6.04 Å². The number of halogens is 1. The number of nitrogens with zero attached hydrogens (tertiary/aromatic N) is 4. The maximum atomic E-state index is 13.7. The number of pyridine rings is 1. The number of hydrogen-bond acceptors (Lipinski definition) is 6. The van der Waals surface area contributed by atoms with Crippen LogP contribution in [-0.4, -0.2) is 100 Å². The number of aromatic amines is 1. The van der Waals surface area contributed by atoms with Gasteiger partial charge in [0.15, 0.2) is 0 Å². The number of aromatic nitrogens is 2. The van der Waals surface area contributed by atoms with Crippen molar-refractivity contribution in [3.8, 4) is 0 Å². The molecule has 0 aliphatic carbocycles. The number of benzene rings is 1. The van der Waals surface area contributed by atoms with Crippen LogP contribution in [0.25, 0.3) is 21.8 Å². The van der Waals surface area contributed by atoms with E-state index in [-0.39, 0.29) is 31.0 Å². The lowest BCUT2D eigenvalue weighted by molar-refractivity contribution is -0.165. The molecule has 5 rings (SSSR count). The van der Waals surface area contributed by atoms with E-state index < -0.39 is 11.6 Å². The minimum atomic E-state index is -0.621. The third kappa shape index (κ3) is 5.05. The minimum Gasteiger partial charge on any atom is -0.372 e. The van der Waals surface area contributed by atoms with Crippen LogP contribution in [0.5, 0.6) is 0 Å². The number of likely N-dealkylation sites (N-methyl/N-ethyl adjacent to an activating group) is 1. The molecule has 198 valence electrons. The van der Waals surface area contributed by atoms with Gasteiger partial charge in [0.2, 0.25) is 11.8 Å². The Hall–Kier alpha value is -2.72. The number of amides is 2. The predicted molar refractivity (Wildman–Crippen MR) is 146 cm³/mol. The number of anilines is 1. The van der Waals surface area contributed by atoms with E-state index in [1.807, 2.05) is 42.7 Å². The quantitative estimate of drug-likeness (QED) is 0.529. The van der Waals surface area contributed by atoms with Crippen molar-refractivity contribution in [1.82, 2.24) is 24.7 Å². The highest BCUT2D eigenvalue weighted by atomic mass is 35.5. The van der Waals surface area contributed by atoms with Crippen LogP contribution in [0.3, 0.4) is 0 Å². The van der Waals surface area contributed by atoms with Gasteiger partial charge < -0.3 is 24.8 Å². The van der Waals surface area contributed by atoms with Gasteiger partial charge in [0, 0.05) is 54.2 Å². The van der Waals surface area contributed by atoms with Crippen molar-refractivity contribution in [2.24, 2.45) is 0 Å². The van der Waals surface area contributed by atoms with Crippen LogP contribution in [0.15, 0.2) is 30.6 Å². The van der Waals surface area contributed by atoms with Gasteiger partial charge in [-0.3, -0.25) is 19.5 Å². The third-order valence-corrected chi connectivity index (χ3v) is 8.26. The van der Waals surface area contributed by atoms with E-state index in [4.69, 9.17) is 16.3 Å². The number of fused-ring (bicyclic) bond motifs is 3. The van der Waals surface area contributed by atoms with Gasteiger partial charge in [0.05, 0.1) is 41.7 Å². The molecule has 0 saturated carbocycles. The Morgan fingerprint density at radius 3 is 2.70 bits per heavy atom. The molecule has 2 aliphatic rings. The van der Waals surface area contributed by atoms with E-state index in [9.17, 15) is 9.59 Å². The van der Waals surface area contributed by atoms with Gasteiger partial charge in [-0.2, -0.15) is 0 Å². The zero-order valence-corrected chi connectivity index (χ0v) is 22.6. The summed E-state index contributed by atoms with van der Waals surface area (Å²) in [5, 5.41) is 5.48. The Labute approximate surface area is 222 Å². The van der Waals surface area contributed by atoms with Crippen molar-refractivity contribution < 1.29 is 14.3 Å². The summed E-state index contributed by atoms with van der Waals surface area (Å²) in [5.74, 6) is -0.183. The third-order valence-electron chi connectivity index (χ3n) is 8.04. The second-order valence-electron chi connectivity index (χ2n) is 10.5. The first-order chi connectivity index (χ1) is 17.7. The molecule has 37 heavy (non-hydrogen) atoms. The van der Waals surface area contributed by atoms with Crippen molar-refractivity contribution in [3.63, 3.8) is 0 Å². The number of piperazine rings is 1. The van der Waals surface area contributed by atoms with E-state index in [0.29, 0.717) is 23.8 Å². The van der Waals surface area contributed by atoms with E-state index in [1.54, 1.807) is 18.5 Å². The molecule has 2 amide bonds. The maximum absolute atomic E-state index is 13.7. The zero-order chi connectivity index (χ0) is 26.3. The number of H-pyrrole nitrogens is 1. The molecule has 2 aliphatic heterocycles. The first-order valence-corrected chi connectivity index (χ1v) is 13.3. The topological polar surface area (TPSA) is 93.8 Å². The van der Waals surface area contributed by atoms with Gasteiger partial charge in [-0.05, 0) is 45.5 Å². The summed E-state index contributed by atoms with van der Waals surface area (Å²) in [6.07, 6.45) is 3.48. The lowest BCUT2D eigenvalue weighted by Gasteiger charge is -2.48. The van der Waals surface area contributed by atoms with E-state index >= 15 is 0 Å². The number of rotatable bonds is 5. The van der Waals surface area contributed by atoms with Crippen LogP contribution in [0.2, 0.25) is 5.02 Å². The second-order valence-corrected chi connectivity index (χ2v) is 10.9. The molecule has 3 aromatic rings. The zero-order valence-electron chi connectivity index (χ0n) is 21.9. The Balaban J connectivity index is 1.39. The van der Waals surface area contributed by atoms with Crippen LogP contribution < -0.4 is 5.32 Å². The molecule has 2 N–H and O–H groups in total. The Morgan fingerprint density at radius 2 is 1.97 bits per heavy atom. The van der Waals surface area contributed by atoms with Crippen molar-refractivity contribution >= 4 is 50.9 Å². The van der Waals surface area contributed by atoms with E-state index in [1.165, 1.54) is 0 Å². The number of carbonyl (C=O) groups is 2. The van der Waals surface area contributed by atoms with Gasteiger partial charge in [-0.1, -0.05) is 18.5 Å². The fourth-order valence-corrected chi connectivity index (χ4v) is 5.57. The normalized spacial score (nSPS) is 23.0. The summed E-state index contributed by atoms with van der Waals surface area (Å²) in [5.41, 5.74) is 1.73. The smallest absolute Gasteiger partial charge is 0.244 e. The van der Waals surface area contributed by atoms with Crippen molar-refractivity contribution in [2.45, 2.75) is 45.4 Å². The molecule has 0 radical (unpaired) electrons. The summed E-state index contributed by atoms with van der Waals surface area (Å²) in [7, 11) is 0. The Bertz CT molecular complexity index is 1320. The summed E-state index contributed by atoms with van der Waals surface area (Å²) in [4.78, 5) is 40.8. The molecule has 2 aromatic heterocycles. The summed E-state index contributed by atoms with van der Waals surface area (Å²) >= 11 is 6.45. The monoisotopic (exact) mass is 526 g/mol. The van der Waals surface area contributed by atoms with Gasteiger partial charge >= 0.3 is 0 Å². The molecule has 1 unspecified atom stereocenters. The summed E-state index contributed by atoms with van der Waals surface area (Å²) in [6, 6.07) is 4.77.